The molecule has 7 heteroatoms. The molecular weight excluding hydrogens is 472 g/mol. The summed E-state index contributed by atoms with van der Waals surface area (Å²) in [4.78, 5) is 20.9. The van der Waals surface area contributed by atoms with E-state index in [1.54, 1.807) is 6.33 Å². The van der Waals surface area contributed by atoms with Crippen LogP contribution in [0.5, 0.6) is 0 Å². The molecule has 0 spiro atoms. The summed E-state index contributed by atoms with van der Waals surface area (Å²) in [6.45, 7) is 5.59. The average Bonchev–Trinajstić information content (AvgIpc) is 3.10. The first-order valence-electron chi connectivity index (χ1n) is 11.1. The fraction of sp³-hybridized carbons (Fsp3) is 0.480. The van der Waals surface area contributed by atoms with Gasteiger partial charge in [-0.15, -0.1) is 0 Å². The topological polar surface area (TPSA) is 74.5 Å². The SMILES string of the molecule is CC(C)(C)OC(=O)CO[C@H]1CCC[C@@H](Cc2ncnc3oc(-c4ccccc4)c(Br)c23)C1. The summed E-state index contributed by atoms with van der Waals surface area (Å²) in [6, 6.07) is 9.99. The molecule has 1 saturated carbocycles. The highest BCUT2D eigenvalue weighted by Gasteiger charge is 2.27. The van der Waals surface area contributed by atoms with Crippen molar-refractivity contribution >= 4 is 33.0 Å². The minimum atomic E-state index is -0.496. The van der Waals surface area contributed by atoms with E-state index in [1.165, 1.54) is 0 Å². The summed E-state index contributed by atoms with van der Waals surface area (Å²) in [7, 11) is 0. The number of benzene rings is 1. The van der Waals surface area contributed by atoms with Crippen LogP contribution in [0.3, 0.4) is 0 Å². The summed E-state index contributed by atoms with van der Waals surface area (Å²) < 4.78 is 18.2. The fourth-order valence-corrected chi connectivity index (χ4v) is 5.00. The second-order valence-electron chi connectivity index (χ2n) is 9.37. The molecule has 6 nitrogen and oxygen atoms in total. The molecule has 3 aromatic rings. The highest BCUT2D eigenvalue weighted by atomic mass is 79.9. The van der Waals surface area contributed by atoms with Crippen LogP contribution in [0, 0.1) is 5.92 Å². The molecule has 2 heterocycles. The van der Waals surface area contributed by atoms with Gasteiger partial charge in [-0.1, -0.05) is 36.8 Å². The summed E-state index contributed by atoms with van der Waals surface area (Å²) in [6.07, 6.45) is 6.49. The Morgan fingerprint density at radius 1 is 1.19 bits per heavy atom. The number of carbonyl (C=O) groups is 1. The lowest BCUT2D eigenvalue weighted by Gasteiger charge is -2.29. The molecule has 2 aromatic heterocycles. The van der Waals surface area contributed by atoms with Crippen LogP contribution in [-0.2, 0) is 20.7 Å². The number of rotatable bonds is 6. The van der Waals surface area contributed by atoms with Gasteiger partial charge in [0.2, 0.25) is 5.71 Å². The Hall–Kier alpha value is -2.25. The molecule has 1 aromatic carbocycles. The van der Waals surface area contributed by atoms with Crippen molar-refractivity contribution in [2.24, 2.45) is 5.92 Å². The molecule has 2 atom stereocenters. The van der Waals surface area contributed by atoms with E-state index in [2.05, 4.69) is 25.9 Å². The Morgan fingerprint density at radius 2 is 1.97 bits per heavy atom. The van der Waals surface area contributed by atoms with E-state index in [0.29, 0.717) is 11.6 Å². The predicted molar refractivity (Wildman–Crippen MR) is 126 cm³/mol. The van der Waals surface area contributed by atoms with Crippen molar-refractivity contribution in [2.45, 2.75) is 64.6 Å². The smallest absolute Gasteiger partial charge is 0.332 e. The van der Waals surface area contributed by atoms with E-state index < -0.39 is 5.60 Å². The Bertz CT molecular complexity index is 1070. The Labute approximate surface area is 196 Å². The van der Waals surface area contributed by atoms with Gasteiger partial charge in [-0.3, -0.25) is 0 Å². The van der Waals surface area contributed by atoms with Gasteiger partial charge in [0.25, 0.3) is 0 Å². The number of furan rings is 1. The maximum Gasteiger partial charge on any atom is 0.332 e. The van der Waals surface area contributed by atoms with Crippen LogP contribution >= 0.6 is 15.9 Å². The lowest BCUT2D eigenvalue weighted by Crippen LogP contribution is -2.30. The molecule has 0 radical (unpaired) electrons. The molecule has 1 aliphatic carbocycles. The minimum absolute atomic E-state index is 0.000122. The summed E-state index contributed by atoms with van der Waals surface area (Å²) in [5.41, 5.74) is 2.07. The van der Waals surface area contributed by atoms with Crippen LogP contribution in [0.15, 0.2) is 45.5 Å². The van der Waals surface area contributed by atoms with Gasteiger partial charge in [0.05, 0.1) is 21.7 Å². The quantitative estimate of drug-likeness (QED) is 0.380. The summed E-state index contributed by atoms with van der Waals surface area (Å²) >= 11 is 3.73. The maximum absolute atomic E-state index is 12.0. The summed E-state index contributed by atoms with van der Waals surface area (Å²) in [5.74, 6) is 0.880. The van der Waals surface area contributed by atoms with Crippen molar-refractivity contribution in [3.8, 4) is 11.3 Å². The molecule has 32 heavy (non-hydrogen) atoms. The highest BCUT2D eigenvalue weighted by molar-refractivity contribution is 9.10. The highest BCUT2D eigenvalue weighted by Crippen LogP contribution is 2.39. The number of halogens is 1. The van der Waals surface area contributed by atoms with Gasteiger partial charge in [-0.2, -0.15) is 0 Å². The van der Waals surface area contributed by atoms with Gasteiger partial charge >= 0.3 is 5.97 Å². The zero-order chi connectivity index (χ0) is 22.7. The van der Waals surface area contributed by atoms with E-state index in [4.69, 9.17) is 13.9 Å². The first kappa shape index (κ1) is 22.9. The predicted octanol–water partition coefficient (Wildman–Crippen LogP) is 6.11. The van der Waals surface area contributed by atoms with Crippen molar-refractivity contribution in [1.82, 2.24) is 9.97 Å². The lowest BCUT2D eigenvalue weighted by atomic mass is 9.84. The summed E-state index contributed by atoms with van der Waals surface area (Å²) in [5, 5.41) is 0.933. The van der Waals surface area contributed by atoms with E-state index in [0.717, 1.165) is 59.0 Å². The molecule has 0 unspecified atom stereocenters. The number of hydrogen-bond donors (Lipinski definition) is 0. The number of nitrogens with zero attached hydrogens (tertiary/aromatic N) is 2. The number of aromatic nitrogens is 2. The first-order chi connectivity index (χ1) is 15.3. The van der Waals surface area contributed by atoms with Crippen molar-refractivity contribution in [2.75, 3.05) is 6.61 Å². The van der Waals surface area contributed by atoms with Gasteiger partial charge in [0, 0.05) is 5.56 Å². The standard InChI is InChI=1S/C25H29BrN2O4/c1-25(2,3)32-20(29)14-30-18-11-7-8-16(12-18)13-19-21-22(26)23(17-9-5-4-6-10-17)31-24(21)28-15-27-19/h4-6,9-10,15-16,18H,7-8,11-14H2,1-3H3/t16-,18+/m1/s1. The average molecular weight is 501 g/mol. The molecular formula is C25H29BrN2O4. The minimum Gasteiger partial charge on any atom is -0.458 e. The zero-order valence-electron chi connectivity index (χ0n) is 18.8. The number of esters is 1. The second-order valence-corrected chi connectivity index (χ2v) is 10.2. The normalized spacial score (nSPS) is 19.2. The van der Waals surface area contributed by atoms with Crippen molar-refractivity contribution in [3.63, 3.8) is 0 Å². The van der Waals surface area contributed by atoms with E-state index >= 15 is 0 Å². The van der Waals surface area contributed by atoms with Crippen LogP contribution < -0.4 is 0 Å². The molecule has 0 saturated heterocycles. The van der Waals surface area contributed by atoms with Gasteiger partial charge in [-0.25, -0.2) is 14.8 Å². The first-order valence-corrected chi connectivity index (χ1v) is 11.9. The van der Waals surface area contributed by atoms with Crippen LogP contribution in [0.2, 0.25) is 0 Å². The zero-order valence-corrected chi connectivity index (χ0v) is 20.4. The molecule has 1 fully saturated rings. The van der Waals surface area contributed by atoms with Crippen molar-refractivity contribution < 1.29 is 18.7 Å². The van der Waals surface area contributed by atoms with Crippen LogP contribution in [0.25, 0.3) is 22.4 Å². The fourth-order valence-electron chi connectivity index (χ4n) is 4.30. The van der Waals surface area contributed by atoms with Crippen LogP contribution in [-0.4, -0.2) is 34.2 Å². The molecule has 170 valence electrons. The van der Waals surface area contributed by atoms with Gasteiger partial charge < -0.3 is 13.9 Å². The third kappa shape index (κ3) is 5.56. The van der Waals surface area contributed by atoms with Crippen LogP contribution in [0.1, 0.15) is 52.1 Å². The Kier molecular flexibility index (Phi) is 6.96. The third-order valence-corrected chi connectivity index (χ3v) is 6.37. The molecule has 0 N–H and O–H groups in total. The van der Waals surface area contributed by atoms with Crippen molar-refractivity contribution in [3.05, 3.63) is 46.8 Å². The van der Waals surface area contributed by atoms with Gasteiger partial charge in [-0.05, 0) is 68.3 Å². The Balaban J connectivity index is 1.45. The number of carbonyl (C=O) groups excluding carboxylic acids is 1. The number of ether oxygens (including phenoxy) is 2. The van der Waals surface area contributed by atoms with Gasteiger partial charge in [0.1, 0.15) is 18.5 Å². The lowest BCUT2D eigenvalue weighted by molar-refractivity contribution is -0.163. The van der Waals surface area contributed by atoms with Crippen LogP contribution in [0.4, 0.5) is 0 Å². The molecule has 0 aliphatic heterocycles. The Morgan fingerprint density at radius 3 is 2.72 bits per heavy atom. The largest absolute Gasteiger partial charge is 0.458 e. The van der Waals surface area contributed by atoms with E-state index in [-0.39, 0.29) is 18.7 Å². The molecule has 0 amide bonds. The maximum atomic E-state index is 12.0. The van der Waals surface area contributed by atoms with E-state index in [1.807, 2.05) is 51.1 Å². The molecule has 4 rings (SSSR count). The third-order valence-electron chi connectivity index (χ3n) is 5.62. The molecule has 0 bridgehead atoms. The molecule has 1 aliphatic rings. The second kappa shape index (κ2) is 9.71. The van der Waals surface area contributed by atoms with E-state index in [9.17, 15) is 4.79 Å². The number of fused-ring (bicyclic) bond motifs is 1. The van der Waals surface area contributed by atoms with Gasteiger partial charge in [0.15, 0.2) is 5.76 Å². The van der Waals surface area contributed by atoms with Crippen molar-refractivity contribution in [1.29, 1.82) is 0 Å². The monoisotopic (exact) mass is 500 g/mol. The number of hydrogen-bond acceptors (Lipinski definition) is 6.